The minimum atomic E-state index is -4.30. The van der Waals surface area contributed by atoms with Crippen LogP contribution in [0.2, 0.25) is 10.0 Å². The van der Waals surface area contributed by atoms with Crippen molar-refractivity contribution in [2.75, 3.05) is 25.1 Å². The van der Waals surface area contributed by atoms with E-state index in [1.165, 1.54) is 37.3 Å². The van der Waals surface area contributed by atoms with Gasteiger partial charge in [-0.25, -0.2) is 8.42 Å². The van der Waals surface area contributed by atoms with Crippen molar-refractivity contribution in [1.29, 1.82) is 0 Å². The Kier molecular flexibility index (Phi) is 11.7. The average molecular weight is 651 g/mol. The molecule has 0 fully saturated rings. The Labute approximate surface area is 263 Å². The van der Waals surface area contributed by atoms with Gasteiger partial charge in [-0.15, -0.1) is 0 Å². The van der Waals surface area contributed by atoms with Crippen molar-refractivity contribution < 1.29 is 27.5 Å². The molecule has 0 saturated carbocycles. The first-order valence-electron chi connectivity index (χ1n) is 13.7. The maximum atomic E-state index is 14.1. The number of amides is 2. The molecule has 0 spiro atoms. The molecule has 1 N–H and O–H groups in total. The number of rotatable bonds is 13. The van der Waals surface area contributed by atoms with Crippen molar-refractivity contribution in [1.82, 2.24) is 10.2 Å². The van der Waals surface area contributed by atoms with Gasteiger partial charge in [0.2, 0.25) is 11.8 Å². The monoisotopic (exact) mass is 649 g/mol. The molecule has 2 atom stereocenters. The Balaban J connectivity index is 2.08. The Morgan fingerprint density at radius 2 is 1.56 bits per heavy atom. The van der Waals surface area contributed by atoms with Crippen molar-refractivity contribution in [3.8, 4) is 11.5 Å². The highest BCUT2D eigenvalue weighted by molar-refractivity contribution is 7.92. The van der Waals surface area contributed by atoms with Gasteiger partial charge in [0.25, 0.3) is 10.0 Å². The van der Waals surface area contributed by atoms with Crippen LogP contribution in [0.25, 0.3) is 0 Å². The van der Waals surface area contributed by atoms with E-state index >= 15 is 0 Å². The van der Waals surface area contributed by atoms with Crippen molar-refractivity contribution >= 4 is 50.7 Å². The third-order valence-electron chi connectivity index (χ3n) is 7.05. The number of aryl methyl sites for hydroxylation is 1. The third-order valence-corrected chi connectivity index (χ3v) is 9.56. The van der Waals surface area contributed by atoms with Crippen LogP contribution in [0.4, 0.5) is 5.69 Å². The molecule has 0 bridgehead atoms. The number of nitrogens with one attached hydrogen (secondary N) is 1. The van der Waals surface area contributed by atoms with Crippen LogP contribution in [0.5, 0.6) is 11.5 Å². The van der Waals surface area contributed by atoms with Crippen LogP contribution < -0.4 is 19.1 Å². The van der Waals surface area contributed by atoms with Gasteiger partial charge in [0.1, 0.15) is 12.6 Å². The van der Waals surface area contributed by atoms with Gasteiger partial charge in [0.05, 0.1) is 34.8 Å². The molecule has 43 heavy (non-hydrogen) atoms. The Morgan fingerprint density at radius 1 is 0.907 bits per heavy atom. The molecule has 3 rings (SSSR count). The molecule has 9 nitrogen and oxygen atoms in total. The van der Waals surface area contributed by atoms with Gasteiger partial charge < -0.3 is 19.7 Å². The zero-order valence-corrected chi connectivity index (χ0v) is 27.4. The summed E-state index contributed by atoms with van der Waals surface area (Å²) in [5.41, 5.74) is 1.81. The molecule has 3 aromatic carbocycles. The van der Waals surface area contributed by atoms with E-state index in [9.17, 15) is 18.0 Å². The lowest BCUT2D eigenvalue weighted by atomic mass is 10.1. The molecule has 2 amide bonds. The Hall–Kier alpha value is -3.47. The number of nitrogens with zero attached hydrogens (tertiary/aromatic N) is 2. The van der Waals surface area contributed by atoms with Gasteiger partial charge in [-0.05, 0) is 69.2 Å². The zero-order chi connectivity index (χ0) is 31.9. The largest absolute Gasteiger partial charge is 0.493 e. The molecular formula is C31H37Cl2N3O6S. The molecule has 3 aromatic rings. The number of anilines is 1. The van der Waals surface area contributed by atoms with E-state index in [-0.39, 0.29) is 34.8 Å². The van der Waals surface area contributed by atoms with E-state index in [0.717, 1.165) is 9.87 Å². The van der Waals surface area contributed by atoms with Crippen LogP contribution in [0.3, 0.4) is 0 Å². The standard InChI is InChI=1S/C31H37Cl2N3O6S/c1-7-21(3)34-31(38)22(4)35(18-23-10-14-26(32)27(33)16-23)30(37)19-36(24-11-8-20(2)9-12-24)43(39,40)25-13-15-28(41-5)29(17-25)42-6/h8-17,21-22H,7,18-19H2,1-6H3,(H,34,38). The predicted molar refractivity (Wildman–Crippen MR) is 170 cm³/mol. The number of carbonyl (C=O) groups excluding carboxylic acids is 2. The van der Waals surface area contributed by atoms with Crippen LogP contribution in [0, 0.1) is 6.92 Å². The lowest BCUT2D eigenvalue weighted by Gasteiger charge is -2.32. The fraction of sp³-hybridized carbons (Fsp3) is 0.355. The molecule has 0 aliphatic carbocycles. The maximum absolute atomic E-state index is 14.1. The number of benzene rings is 3. The maximum Gasteiger partial charge on any atom is 0.264 e. The molecule has 232 valence electrons. The minimum absolute atomic E-state index is 0.0110. The molecule has 0 aliphatic heterocycles. The normalized spacial score (nSPS) is 12.7. The van der Waals surface area contributed by atoms with Crippen LogP contribution in [-0.4, -0.2) is 58.0 Å². The van der Waals surface area contributed by atoms with E-state index in [1.54, 1.807) is 49.4 Å². The van der Waals surface area contributed by atoms with E-state index in [4.69, 9.17) is 32.7 Å². The summed E-state index contributed by atoms with van der Waals surface area (Å²) in [4.78, 5) is 28.5. The highest BCUT2D eigenvalue weighted by atomic mass is 35.5. The number of methoxy groups -OCH3 is 2. The molecule has 0 aliphatic rings. The van der Waals surface area contributed by atoms with E-state index in [1.807, 2.05) is 20.8 Å². The number of sulfonamides is 1. The van der Waals surface area contributed by atoms with Gasteiger partial charge >= 0.3 is 0 Å². The lowest BCUT2D eigenvalue weighted by Crippen LogP contribution is -2.52. The summed E-state index contributed by atoms with van der Waals surface area (Å²) in [6.45, 7) is 6.69. The summed E-state index contributed by atoms with van der Waals surface area (Å²) in [7, 11) is -1.44. The van der Waals surface area contributed by atoms with E-state index in [2.05, 4.69) is 5.32 Å². The lowest BCUT2D eigenvalue weighted by molar-refractivity contribution is -0.139. The molecule has 0 aromatic heterocycles. The first-order valence-corrected chi connectivity index (χ1v) is 15.9. The van der Waals surface area contributed by atoms with Crippen LogP contribution in [0.1, 0.15) is 38.3 Å². The first-order chi connectivity index (χ1) is 20.3. The molecule has 2 unspecified atom stereocenters. The molecule has 12 heteroatoms. The number of hydrogen-bond acceptors (Lipinski definition) is 6. The number of carbonyl (C=O) groups is 2. The van der Waals surface area contributed by atoms with Gasteiger partial charge in [-0.3, -0.25) is 13.9 Å². The van der Waals surface area contributed by atoms with E-state index < -0.39 is 28.5 Å². The summed E-state index contributed by atoms with van der Waals surface area (Å²) in [5, 5.41) is 3.54. The second kappa shape index (κ2) is 14.8. The van der Waals surface area contributed by atoms with Crippen molar-refractivity contribution in [2.24, 2.45) is 0 Å². The SMILES string of the molecule is CCC(C)NC(=O)C(C)N(Cc1ccc(Cl)c(Cl)c1)C(=O)CN(c1ccc(C)cc1)S(=O)(=O)c1ccc(OC)c(OC)c1. The molecule has 0 saturated heterocycles. The topological polar surface area (TPSA) is 105 Å². The third kappa shape index (κ3) is 8.34. The van der Waals surface area contributed by atoms with Crippen molar-refractivity contribution in [3.63, 3.8) is 0 Å². The fourth-order valence-corrected chi connectivity index (χ4v) is 5.98. The van der Waals surface area contributed by atoms with Gasteiger partial charge in [0, 0.05) is 18.7 Å². The van der Waals surface area contributed by atoms with Crippen LogP contribution in [0.15, 0.2) is 65.6 Å². The molecule has 0 heterocycles. The first kappa shape index (κ1) is 34.0. The van der Waals surface area contributed by atoms with E-state index in [0.29, 0.717) is 27.8 Å². The van der Waals surface area contributed by atoms with Crippen molar-refractivity contribution in [3.05, 3.63) is 81.8 Å². The molecule has 0 radical (unpaired) electrons. The van der Waals surface area contributed by atoms with Gasteiger partial charge in [-0.2, -0.15) is 0 Å². The smallest absolute Gasteiger partial charge is 0.264 e. The number of ether oxygens (including phenoxy) is 2. The van der Waals surface area contributed by atoms with Crippen LogP contribution >= 0.6 is 23.2 Å². The summed E-state index contributed by atoms with van der Waals surface area (Å²) in [5.74, 6) is -0.390. The van der Waals surface area contributed by atoms with Crippen LogP contribution in [-0.2, 0) is 26.2 Å². The van der Waals surface area contributed by atoms with Gasteiger partial charge in [-0.1, -0.05) is 53.9 Å². The van der Waals surface area contributed by atoms with Crippen molar-refractivity contribution in [2.45, 2.75) is 57.6 Å². The highest BCUT2D eigenvalue weighted by Crippen LogP contribution is 2.32. The fourth-order valence-electron chi connectivity index (χ4n) is 4.23. The minimum Gasteiger partial charge on any atom is -0.493 e. The number of hydrogen-bond donors (Lipinski definition) is 1. The summed E-state index contributed by atoms with van der Waals surface area (Å²) < 4.78 is 39.9. The number of halogens is 2. The molecular weight excluding hydrogens is 613 g/mol. The Bertz CT molecular complexity index is 1550. The highest BCUT2D eigenvalue weighted by Gasteiger charge is 2.33. The zero-order valence-electron chi connectivity index (χ0n) is 25.1. The average Bonchev–Trinajstić information content (AvgIpc) is 2.99. The van der Waals surface area contributed by atoms with Gasteiger partial charge in [0.15, 0.2) is 11.5 Å². The predicted octanol–water partition coefficient (Wildman–Crippen LogP) is 5.85. The Morgan fingerprint density at radius 3 is 2.14 bits per heavy atom. The second-order valence-electron chi connectivity index (χ2n) is 10.1. The second-order valence-corrected chi connectivity index (χ2v) is 12.8. The quantitative estimate of drug-likeness (QED) is 0.249. The summed E-state index contributed by atoms with van der Waals surface area (Å²) in [6.07, 6.45) is 0.698. The summed E-state index contributed by atoms with van der Waals surface area (Å²) in [6, 6.07) is 14.9. The summed E-state index contributed by atoms with van der Waals surface area (Å²) >= 11 is 12.3.